The molecular weight excluding hydrogens is 461 g/mol. The van der Waals surface area contributed by atoms with Gasteiger partial charge in [-0.25, -0.2) is 4.79 Å². The van der Waals surface area contributed by atoms with Crippen LogP contribution in [-0.4, -0.2) is 47.9 Å². The number of esters is 1. The molecule has 0 aliphatic carbocycles. The summed E-state index contributed by atoms with van der Waals surface area (Å²) >= 11 is 0. The van der Waals surface area contributed by atoms with Crippen molar-refractivity contribution >= 4 is 5.97 Å². The molecule has 0 saturated heterocycles. The summed E-state index contributed by atoms with van der Waals surface area (Å²) in [5.74, 6) is -41.8. The predicted octanol–water partition coefficient (Wildman–Crippen LogP) is 5.83. The van der Waals surface area contributed by atoms with E-state index in [1.54, 1.807) is 0 Å². The van der Waals surface area contributed by atoms with Crippen LogP contribution in [0.5, 0.6) is 0 Å². The topological polar surface area (TPSA) is 26.3 Å². The van der Waals surface area contributed by atoms with E-state index in [9.17, 15) is 70.7 Å². The van der Waals surface area contributed by atoms with Crippen LogP contribution in [0.2, 0.25) is 0 Å². The Hall–Kier alpha value is -1.84. The number of hydrogen-bond acceptors (Lipinski definition) is 2. The zero-order chi connectivity index (χ0) is 24.1. The third-order valence-electron chi connectivity index (χ3n) is 3.00. The number of carbonyl (C=O) groups excluding carboxylic acids is 1. The highest BCUT2D eigenvalue weighted by molar-refractivity contribution is 5.87. The van der Waals surface area contributed by atoms with Crippen molar-refractivity contribution in [2.24, 2.45) is 0 Å². The molecular formula is C12H7F15O2. The minimum Gasteiger partial charge on any atom is -0.393 e. The molecule has 0 fully saturated rings. The first-order valence-corrected chi connectivity index (χ1v) is 6.51. The molecule has 2 nitrogen and oxygen atoms in total. The Bertz CT molecular complexity index is 646. The summed E-state index contributed by atoms with van der Waals surface area (Å²) in [4.78, 5) is 10.7. The van der Waals surface area contributed by atoms with Gasteiger partial charge in [-0.1, -0.05) is 6.58 Å². The Morgan fingerprint density at radius 3 is 1.34 bits per heavy atom. The van der Waals surface area contributed by atoms with Crippen LogP contribution in [0.15, 0.2) is 12.2 Å². The average Bonchev–Trinajstić information content (AvgIpc) is 2.42. The number of ether oxygens (including phenoxy) is 1. The van der Waals surface area contributed by atoms with Gasteiger partial charge >= 0.3 is 47.9 Å². The summed E-state index contributed by atoms with van der Waals surface area (Å²) in [7, 11) is 0. The van der Waals surface area contributed by atoms with Gasteiger partial charge in [-0.15, -0.1) is 0 Å². The van der Waals surface area contributed by atoms with Gasteiger partial charge in [-0.05, 0) is 6.92 Å². The molecule has 0 N–H and O–H groups in total. The monoisotopic (exact) mass is 468 g/mol. The number of halogens is 15. The zero-order valence-electron chi connectivity index (χ0n) is 13.4. The van der Waals surface area contributed by atoms with E-state index in [1.807, 2.05) is 0 Å². The lowest BCUT2D eigenvalue weighted by atomic mass is 9.92. The van der Waals surface area contributed by atoms with Gasteiger partial charge in [0.1, 0.15) is 6.42 Å². The Balaban J connectivity index is 6.36. The molecule has 0 spiro atoms. The molecule has 0 amide bonds. The Kier molecular flexibility index (Phi) is 6.69. The molecule has 0 unspecified atom stereocenters. The molecule has 0 radical (unpaired) electrons. The fourth-order valence-electron chi connectivity index (χ4n) is 1.44. The zero-order valence-corrected chi connectivity index (χ0v) is 13.4. The Morgan fingerprint density at radius 2 is 1.03 bits per heavy atom. The maximum Gasteiger partial charge on any atom is 0.473 e. The van der Waals surface area contributed by atoms with Crippen molar-refractivity contribution in [3.8, 4) is 0 Å². The van der Waals surface area contributed by atoms with E-state index < -0.39 is 59.9 Å². The molecule has 0 aromatic rings. The van der Waals surface area contributed by atoms with Crippen LogP contribution in [0.1, 0.15) is 13.3 Å². The highest BCUT2D eigenvalue weighted by Gasteiger charge is 2.91. The summed E-state index contributed by atoms with van der Waals surface area (Å²) in [6, 6.07) is 0. The second kappa shape index (κ2) is 7.14. The number of carbonyl (C=O) groups is 1. The van der Waals surface area contributed by atoms with E-state index in [-0.39, 0.29) is 0 Å². The van der Waals surface area contributed by atoms with E-state index in [0.29, 0.717) is 6.92 Å². The predicted molar refractivity (Wildman–Crippen MR) is 61.3 cm³/mol. The van der Waals surface area contributed by atoms with Crippen LogP contribution >= 0.6 is 0 Å². The lowest BCUT2D eigenvalue weighted by Crippen LogP contribution is -2.71. The van der Waals surface area contributed by atoms with Gasteiger partial charge in [0, 0.05) is 5.57 Å². The molecule has 0 aliphatic rings. The van der Waals surface area contributed by atoms with Crippen LogP contribution in [0.4, 0.5) is 65.9 Å². The number of alkyl halides is 15. The van der Waals surface area contributed by atoms with Gasteiger partial charge in [-0.3, -0.25) is 0 Å². The number of rotatable bonds is 8. The van der Waals surface area contributed by atoms with E-state index in [0.717, 1.165) is 0 Å². The molecule has 0 aliphatic heterocycles. The van der Waals surface area contributed by atoms with E-state index in [4.69, 9.17) is 0 Å². The van der Waals surface area contributed by atoms with Gasteiger partial charge in [0.2, 0.25) is 0 Å². The summed E-state index contributed by atoms with van der Waals surface area (Å²) < 4.78 is 196. The molecule has 0 saturated carbocycles. The molecule has 0 aromatic carbocycles. The lowest BCUT2D eigenvalue weighted by Gasteiger charge is -2.40. The molecule has 0 heterocycles. The second-order valence-corrected chi connectivity index (χ2v) is 5.48. The maximum atomic E-state index is 13.3. The standard InChI is InChI=1S/C12H7F15O2/c1-4(2)5(28)29-12(26,27)11(24,25)10(22,23)9(20,21)8(18,19)6(13,14)3-7(15,16)17/h1,3H2,2H3. The summed E-state index contributed by atoms with van der Waals surface area (Å²) in [5, 5.41) is 0. The van der Waals surface area contributed by atoms with Crippen molar-refractivity contribution in [1.29, 1.82) is 0 Å². The van der Waals surface area contributed by atoms with Crippen molar-refractivity contribution in [1.82, 2.24) is 0 Å². The Labute approximate surface area is 150 Å². The molecule has 29 heavy (non-hydrogen) atoms. The van der Waals surface area contributed by atoms with Crippen molar-refractivity contribution < 1.29 is 75.4 Å². The maximum absolute atomic E-state index is 13.3. The lowest BCUT2D eigenvalue weighted by molar-refractivity contribution is -0.453. The fraction of sp³-hybridized carbons (Fsp3) is 0.750. The SMILES string of the molecule is C=C(C)C(=O)OC(F)(F)C(F)(F)C(F)(F)C(F)(F)C(F)(F)C(F)(F)CC(F)(F)F. The van der Waals surface area contributed by atoms with Crippen LogP contribution in [0.25, 0.3) is 0 Å². The first-order chi connectivity index (χ1) is 12.3. The van der Waals surface area contributed by atoms with E-state index in [1.165, 1.54) is 0 Å². The van der Waals surface area contributed by atoms with Crippen molar-refractivity contribution in [2.45, 2.75) is 55.2 Å². The van der Waals surface area contributed by atoms with Gasteiger partial charge in [0.15, 0.2) is 0 Å². The van der Waals surface area contributed by atoms with E-state index in [2.05, 4.69) is 11.3 Å². The van der Waals surface area contributed by atoms with Gasteiger partial charge in [-0.2, -0.15) is 65.9 Å². The quantitative estimate of drug-likeness (QED) is 0.255. The first-order valence-electron chi connectivity index (χ1n) is 6.51. The molecule has 0 rings (SSSR count). The van der Waals surface area contributed by atoms with Crippen LogP contribution < -0.4 is 0 Å². The van der Waals surface area contributed by atoms with E-state index >= 15 is 0 Å². The third kappa shape index (κ3) is 4.51. The molecule has 172 valence electrons. The number of hydrogen-bond donors (Lipinski definition) is 0. The normalized spacial score (nSPS) is 15.3. The van der Waals surface area contributed by atoms with Gasteiger partial charge in [0.05, 0.1) is 0 Å². The largest absolute Gasteiger partial charge is 0.473 e. The van der Waals surface area contributed by atoms with Crippen LogP contribution in [0.3, 0.4) is 0 Å². The minimum atomic E-state index is -8.20. The van der Waals surface area contributed by atoms with Crippen LogP contribution in [0, 0.1) is 0 Å². The summed E-state index contributed by atoms with van der Waals surface area (Å²) in [5.41, 5.74) is -1.20. The first kappa shape index (κ1) is 27.2. The molecule has 17 heteroatoms. The van der Waals surface area contributed by atoms with Crippen LogP contribution in [-0.2, 0) is 9.53 Å². The van der Waals surface area contributed by atoms with Gasteiger partial charge < -0.3 is 4.74 Å². The summed E-state index contributed by atoms with van der Waals surface area (Å²) in [6.45, 7) is 2.99. The molecule has 0 bridgehead atoms. The fourth-order valence-corrected chi connectivity index (χ4v) is 1.44. The van der Waals surface area contributed by atoms with Crippen molar-refractivity contribution in [3.63, 3.8) is 0 Å². The second-order valence-electron chi connectivity index (χ2n) is 5.48. The highest BCUT2D eigenvalue weighted by atomic mass is 19.4. The van der Waals surface area contributed by atoms with Gasteiger partial charge in [0.25, 0.3) is 0 Å². The molecule has 0 atom stereocenters. The van der Waals surface area contributed by atoms with Crippen molar-refractivity contribution in [3.05, 3.63) is 12.2 Å². The van der Waals surface area contributed by atoms with Crippen molar-refractivity contribution in [2.75, 3.05) is 0 Å². The third-order valence-corrected chi connectivity index (χ3v) is 3.00. The molecule has 0 aromatic heterocycles. The highest BCUT2D eigenvalue weighted by Crippen LogP contribution is 2.61. The minimum absolute atomic E-state index is 0.467. The average molecular weight is 468 g/mol. The smallest absolute Gasteiger partial charge is 0.393 e. The summed E-state index contributed by atoms with van der Waals surface area (Å²) in [6.07, 6.45) is -17.6. The Morgan fingerprint density at radius 1 is 0.690 bits per heavy atom.